The smallest absolute Gasteiger partial charge is 0.217 e. The molecular formula is C52H88N2O40. The highest BCUT2D eigenvalue weighted by atomic mass is 16.8. The molecule has 0 unspecified atom stereocenters. The largest absolute Gasteiger partial charge is 0.394 e. The molecule has 94 heavy (non-hydrogen) atoms. The fourth-order valence-electron chi connectivity index (χ4n) is 12.1. The van der Waals surface area contributed by atoms with Gasteiger partial charge < -0.3 is 199 Å². The van der Waals surface area contributed by atoms with Gasteiger partial charge in [-0.15, -0.1) is 0 Å². The summed E-state index contributed by atoms with van der Waals surface area (Å²) in [6, 6.07) is -3.34. The van der Waals surface area contributed by atoms with Gasteiger partial charge in [0.15, 0.2) is 50.3 Å². The maximum atomic E-state index is 12.4. The van der Waals surface area contributed by atoms with Gasteiger partial charge in [-0.3, -0.25) is 9.59 Å². The number of ether oxygens (including phenoxy) is 15. The quantitative estimate of drug-likeness (QED) is 0.0452. The monoisotopic (exact) mass is 1380 g/mol. The third-order valence-electron chi connectivity index (χ3n) is 17.4. The van der Waals surface area contributed by atoms with Crippen molar-refractivity contribution in [3.8, 4) is 0 Å². The van der Waals surface area contributed by atoms with E-state index >= 15 is 0 Å². The highest BCUT2D eigenvalue weighted by Crippen LogP contribution is 2.39. The molecule has 0 radical (unpaired) electrons. The van der Waals surface area contributed by atoms with Crippen molar-refractivity contribution in [2.45, 2.75) is 266 Å². The first kappa shape index (κ1) is 77.2. The number of aliphatic hydroxyl groups excluding tert-OH is 23. The zero-order chi connectivity index (χ0) is 69.2. The summed E-state index contributed by atoms with van der Waals surface area (Å²) in [6.45, 7) is -4.01. The Bertz CT molecular complexity index is 2370. The van der Waals surface area contributed by atoms with Crippen LogP contribution in [0.5, 0.6) is 0 Å². The van der Waals surface area contributed by atoms with Gasteiger partial charge >= 0.3 is 0 Å². The minimum absolute atomic E-state index is 0.782. The average Bonchev–Trinajstić information content (AvgIpc) is 0.772. The van der Waals surface area contributed by atoms with Crippen molar-refractivity contribution in [2.75, 3.05) is 46.2 Å². The standard InChI is InChI=1S/C52H88N2O40/c1-11-23(63)31(71)35(75)49(81-11)94-44-43(93-47-22(54-13(3)62)30(70)25(65)15(5-56)84-47)27(67)17(7-58)86-52(44)90-40-19(9-60)87-50(36(76)33(40)73)92-42-28(68)20(88-51(38(42)78)89-39-18(8-59)82-45(79)34(74)32(39)72)10-80-48-37(77)41(26(66)16(6-57)85-48)91-46-21(53-12(2)61)29(69)24(64)14(4-55)83-46/h11,14-52,55-60,63-79H,4-10H2,1-3H3,(H,53,61)(H,54,62)/t11-,14+,15+,16+,17+,18+,19+,20+,21+,22+,23+,24-,25-,26-,27-,28-,29+,30+,31+,32+,33+,34+,35-,36+,37+,38+,39+,40-,41-,42-,43-,44+,45+,46+,47+,48+,49-,50-,51-,52-/m0/s1. The Morgan fingerprint density at radius 1 is 0.298 bits per heavy atom. The Morgan fingerprint density at radius 3 is 1.15 bits per heavy atom. The fraction of sp³-hybridized carbons (Fsp3) is 0.962. The third-order valence-corrected chi connectivity index (χ3v) is 17.4. The van der Waals surface area contributed by atoms with Crippen molar-refractivity contribution >= 4 is 11.8 Å². The van der Waals surface area contributed by atoms with Crippen LogP contribution in [0.15, 0.2) is 0 Å². The lowest BCUT2D eigenvalue weighted by Gasteiger charge is -2.51. The summed E-state index contributed by atoms with van der Waals surface area (Å²) in [5, 5.41) is 256. The summed E-state index contributed by atoms with van der Waals surface area (Å²) in [6.07, 6.45) is -76.4. The summed E-state index contributed by atoms with van der Waals surface area (Å²) in [7, 11) is 0. The van der Waals surface area contributed by atoms with Crippen LogP contribution in [0.1, 0.15) is 20.8 Å². The maximum Gasteiger partial charge on any atom is 0.217 e. The molecule has 8 heterocycles. The van der Waals surface area contributed by atoms with Crippen LogP contribution in [0.3, 0.4) is 0 Å². The van der Waals surface area contributed by atoms with E-state index in [1.54, 1.807) is 0 Å². The van der Waals surface area contributed by atoms with E-state index < -0.39 is 304 Å². The van der Waals surface area contributed by atoms with Crippen LogP contribution in [-0.2, 0) is 80.6 Å². The van der Waals surface area contributed by atoms with Crippen LogP contribution in [0, 0.1) is 0 Å². The van der Waals surface area contributed by atoms with Crippen LogP contribution in [0.4, 0.5) is 0 Å². The molecule has 8 rings (SSSR count). The first-order chi connectivity index (χ1) is 44.4. The molecule has 0 bridgehead atoms. The molecule has 8 aliphatic rings. The van der Waals surface area contributed by atoms with E-state index in [1.807, 2.05) is 0 Å². The molecule has 42 nitrogen and oxygen atoms in total. The number of nitrogens with one attached hydrogen (secondary N) is 2. The molecule has 0 aromatic heterocycles. The van der Waals surface area contributed by atoms with Gasteiger partial charge in [0.25, 0.3) is 0 Å². The van der Waals surface area contributed by atoms with Gasteiger partial charge in [-0.05, 0) is 6.92 Å². The van der Waals surface area contributed by atoms with Crippen LogP contribution >= 0.6 is 0 Å². The van der Waals surface area contributed by atoms with Gasteiger partial charge in [0.1, 0.15) is 189 Å². The number of hydrogen-bond acceptors (Lipinski definition) is 40. The minimum Gasteiger partial charge on any atom is -0.394 e. The van der Waals surface area contributed by atoms with E-state index in [4.69, 9.17) is 71.1 Å². The first-order valence-corrected chi connectivity index (χ1v) is 30.0. The number of aliphatic hydroxyl groups is 23. The molecule has 42 heteroatoms. The lowest BCUT2D eigenvalue weighted by Crippen LogP contribution is -2.70. The molecular weight excluding hydrogens is 1290 g/mol. The highest BCUT2D eigenvalue weighted by Gasteiger charge is 2.60. The Balaban J connectivity index is 1.06. The lowest BCUT2D eigenvalue weighted by atomic mass is 9.94. The predicted octanol–water partition coefficient (Wildman–Crippen LogP) is -17.1. The first-order valence-electron chi connectivity index (χ1n) is 30.0. The Hall–Kier alpha value is -2.58. The molecule has 0 aromatic carbocycles. The molecule has 0 aliphatic carbocycles. The molecule has 40 atom stereocenters. The molecule has 546 valence electrons. The number of carbonyl (C=O) groups excluding carboxylic acids is 2. The number of amides is 2. The van der Waals surface area contributed by atoms with Gasteiger partial charge in [0, 0.05) is 13.8 Å². The topological polar surface area (TPSA) is 662 Å². The summed E-state index contributed by atoms with van der Waals surface area (Å²) in [4.78, 5) is 24.5. The van der Waals surface area contributed by atoms with Crippen molar-refractivity contribution in [3.05, 3.63) is 0 Å². The van der Waals surface area contributed by atoms with Gasteiger partial charge in [0.2, 0.25) is 11.8 Å². The Morgan fingerprint density at radius 2 is 0.638 bits per heavy atom. The summed E-state index contributed by atoms with van der Waals surface area (Å²) < 4.78 is 87.1. The summed E-state index contributed by atoms with van der Waals surface area (Å²) in [5.74, 6) is -1.61. The number of rotatable bonds is 23. The Kier molecular flexibility index (Phi) is 27.3. The second kappa shape index (κ2) is 33.3. The Labute approximate surface area is 532 Å². The van der Waals surface area contributed by atoms with E-state index in [-0.39, 0.29) is 0 Å². The molecule has 0 spiro atoms. The summed E-state index contributed by atoms with van der Waals surface area (Å²) >= 11 is 0. The second-order valence-electron chi connectivity index (χ2n) is 23.9. The van der Waals surface area contributed by atoms with E-state index in [2.05, 4.69) is 10.6 Å². The van der Waals surface area contributed by atoms with Crippen molar-refractivity contribution in [1.82, 2.24) is 10.6 Å². The van der Waals surface area contributed by atoms with Gasteiger partial charge in [-0.1, -0.05) is 0 Å². The molecule has 0 saturated carbocycles. The molecule has 8 saturated heterocycles. The van der Waals surface area contributed by atoms with E-state index in [0.29, 0.717) is 0 Å². The van der Waals surface area contributed by atoms with Gasteiger partial charge in [0.05, 0.1) is 52.4 Å². The van der Waals surface area contributed by atoms with Gasteiger partial charge in [-0.2, -0.15) is 0 Å². The molecule has 8 aliphatic heterocycles. The lowest BCUT2D eigenvalue weighted by molar-refractivity contribution is -0.407. The van der Waals surface area contributed by atoms with Crippen molar-refractivity contribution < 1.29 is 198 Å². The summed E-state index contributed by atoms with van der Waals surface area (Å²) in [5.41, 5.74) is 0. The second-order valence-corrected chi connectivity index (χ2v) is 23.9. The minimum atomic E-state index is -2.46. The van der Waals surface area contributed by atoms with Crippen molar-refractivity contribution in [3.63, 3.8) is 0 Å². The highest BCUT2D eigenvalue weighted by molar-refractivity contribution is 5.73. The molecule has 25 N–H and O–H groups in total. The van der Waals surface area contributed by atoms with Crippen LogP contribution in [0.25, 0.3) is 0 Å². The fourth-order valence-corrected chi connectivity index (χ4v) is 12.1. The van der Waals surface area contributed by atoms with Gasteiger partial charge in [-0.25, -0.2) is 0 Å². The third kappa shape index (κ3) is 16.4. The normalized spacial score (nSPS) is 51.2. The van der Waals surface area contributed by atoms with E-state index in [1.165, 1.54) is 6.92 Å². The van der Waals surface area contributed by atoms with Crippen molar-refractivity contribution in [1.29, 1.82) is 0 Å². The number of hydrogen-bond donors (Lipinski definition) is 25. The van der Waals surface area contributed by atoms with E-state index in [9.17, 15) is 127 Å². The van der Waals surface area contributed by atoms with E-state index in [0.717, 1.165) is 13.8 Å². The SMILES string of the molecule is CC(=O)N[C@H]1[C@@H](O[C@H]2[C@@H](O)[C@@H](CO)O[C@@H](OC[C@H]3O[C@@H](O[C@H]4[C@H](O)[C@@H](O)[C@H](O)O[C@@H]4CO)[C@H](O)[C@@H](O[C@@H]4O[C@H](CO)[C@H](O[C@@H]5O[C@H](CO)[C@H](O)[C@H](O[C@H]6O[C@H](CO)[C@H](O)[C@H](O)[C@H]6NC(C)=O)[C@H]5O[C@@H]5O[C@@H](C)[C@@H](O)[C@@H](O)[C@@H]5O)[C@H](O)[C@H]4O)[C@H]3O)[C@@H]2O)O[C@H](CO)[C@H](O)[C@@H]1O. The zero-order valence-electron chi connectivity index (χ0n) is 50.3. The molecule has 2 amide bonds. The zero-order valence-corrected chi connectivity index (χ0v) is 50.3. The maximum absolute atomic E-state index is 12.4. The van der Waals surface area contributed by atoms with Crippen LogP contribution in [0.2, 0.25) is 0 Å². The predicted molar refractivity (Wildman–Crippen MR) is 286 cm³/mol. The van der Waals surface area contributed by atoms with Crippen LogP contribution in [-0.4, -0.2) is 421 Å². The molecule has 8 fully saturated rings. The van der Waals surface area contributed by atoms with Crippen molar-refractivity contribution in [2.24, 2.45) is 0 Å². The number of carbonyl (C=O) groups is 2. The van der Waals surface area contributed by atoms with Crippen LogP contribution < -0.4 is 10.6 Å². The average molecular weight is 1380 g/mol. The molecule has 0 aromatic rings.